The molecule has 3 unspecified atom stereocenters. The summed E-state index contributed by atoms with van der Waals surface area (Å²) in [6.07, 6.45) is 0. The Morgan fingerprint density at radius 2 is 2.12 bits per heavy atom. The highest BCUT2D eigenvalue weighted by atomic mass is 127. The molecule has 4 nitrogen and oxygen atoms in total. The summed E-state index contributed by atoms with van der Waals surface area (Å²) in [6.45, 7) is 15.2. The highest BCUT2D eigenvalue weighted by molar-refractivity contribution is 14.0. The average Bonchev–Trinajstić information content (AvgIpc) is 3.15. The topological polar surface area (TPSA) is 39.7 Å². The minimum atomic E-state index is 0. The molecule has 0 saturated carbocycles. The monoisotopic (exact) mass is 464 g/mol. The second-order valence-corrected chi connectivity index (χ2v) is 7.73. The van der Waals surface area contributed by atoms with Crippen molar-refractivity contribution in [2.24, 2.45) is 10.9 Å². The standard InChI is InChI=1S/C18H32N4S.HI/c1-6-19-18(20-9-14(4)16-7-8-23-12-16)21-17-11-22(13(2)3)10-15(17)5;/h7-8,12-15,17H,6,9-11H2,1-5H3,(H2,19,20,21);1H. The van der Waals surface area contributed by atoms with Crippen LogP contribution in [0.3, 0.4) is 0 Å². The molecule has 3 atom stereocenters. The molecule has 1 saturated heterocycles. The molecule has 0 aliphatic carbocycles. The smallest absolute Gasteiger partial charge is 0.191 e. The second-order valence-electron chi connectivity index (χ2n) is 6.95. The third-order valence-electron chi connectivity index (χ3n) is 4.67. The van der Waals surface area contributed by atoms with Crippen molar-refractivity contribution in [3.8, 4) is 0 Å². The van der Waals surface area contributed by atoms with E-state index in [1.165, 1.54) is 12.1 Å². The van der Waals surface area contributed by atoms with Crippen molar-refractivity contribution in [2.75, 3.05) is 26.2 Å². The number of aliphatic imine (C=N–C) groups is 1. The van der Waals surface area contributed by atoms with E-state index in [1.807, 2.05) is 0 Å². The molecule has 0 radical (unpaired) electrons. The van der Waals surface area contributed by atoms with Gasteiger partial charge in [0.15, 0.2) is 5.96 Å². The summed E-state index contributed by atoms with van der Waals surface area (Å²) in [7, 11) is 0. The minimum Gasteiger partial charge on any atom is -0.357 e. The molecule has 0 amide bonds. The summed E-state index contributed by atoms with van der Waals surface area (Å²) in [5.74, 6) is 2.07. The Kier molecular flexibility index (Phi) is 9.59. The summed E-state index contributed by atoms with van der Waals surface area (Å²) in [5.41, 5.74) is 1.38. The van der Waals surface area contributed by atoms with Gasteiger partial charge >= 0.3 is 0 Å². The van der Waals surface area contributed by atoms with Gasteiger partial charge < -0.3 is 10.6 Å². The third kappa shape index (κ3) is 6.19. The van der Waals surface area contributed by atoms with Gasteiger partial charge in [-0.05, 0) is 49.1 Å². The number of halogens is 1. The van der Waals surface area contributed by atoms with Crippen molar-refractivity contribution < 1.29 is 0 Å². The zero-order chi connectivity index (χ0) is 16.8. The summed E-state index contributed by atoms with van der Waals surface area (Å²) in [4.78, 5) is 7.36. The highest BCUT2D eigenvalue weighted by Crippen LogP contribution is 2.20. The van der Waals surface area contributed by atoms with Crippen LogP contribution in [-0.2, 0) is 0 Å². The van der Waals surface area contributed by atoms with Gasteiger partial charge in [0.2, 0.25) is 0 Å². The van der Waals surface area contributed by atoms with Gasteiger partial charge in [0.05, 0.1) is 0 Å². The van der Waals surface area contributed by atoms with E-state index in [2.05, 4.69) is 67.0 Å². The van der Waals surface area contributed by atoms with E-state index < -0.39 is 0 Å². The fourth-order valence-corrected chi connectivity index (χ4v) is 3.78. The summed E-state index contributed by atoms with van der Waals surface area (Å²) < 4.78 is 0. The molecule has 1 aliphatic heterocycles. The second kappa shape index (κ2) is 10.6. The number of guanidine groups is 1. The molecule has 2 N–H and O–H groups in total. The lowest BCUT2D eigenvalue weighted by atomic mass is 10.1. The lowest BCUT2D eigenvalue weighted by Crippen LogP contribution is -2.47. The molecular formula is C18H33IN4S. The Morgan fingerprint density at radius 1 is 1.38 bits per heavy atom. The predicted octanol–water partition coefficient (Wildman–Crippen LogP) is 3.75. The van der Waals surface area contributed by atoms with E-state index >= 15 is 0 Å². The van der Waals surface area contributed by atoms with E-state index in [1.54, 1.807) is 11.3 Å². The van der Waals surface area contributed by atoms with Crippen LogP contribution in [0.5, 0.6) is 0 Å². The molecular weight excluding hydrogens is 431 g/mol. The van der Waals surface area contributed by atoms with Crippen molar-refractivity contribution in [1.82, 2.24) is 15.5 Å². The van der Waals surface area contributed by atoms with E-state index in [0.717, 1.165) is 25.6 Å². The Labute approximate surface area is 168 Å². The van der Waals surface area contributed by atoms with Gasteiger partial charge in [-0.25, -0.2) is 0 Å². The van der Waals surface area contributed by atoms with E-state index in [9.17, 15) is 0 Å². The Bertz CT molecular complexity index is 489. The normalized spacial score (nSPS) is 23.2. The molecule has 138 valence electrons. The van der Waals surface area contributed by atoms with Crippen LogP contribution in [0.25, 0.3) is 0 Å². The van der Waals surface area contributed by atoms with Gasteiger partial charge in [0, 0.05) is 44.2 Å². The van der Waals surface area contributed by atoms with Crippen molar-refractivity contribution in [1.29, 1.82) is 0 Å². The largest absolute Gasteiger partial charge is 0.357 e. The Hall–Kier alpha value is -0.340. The molecule has 2 heterocycles. The number of rotatable bonds is 6. The van der Waals surface area contributed by atoms with E-state index in [4.69, 9.17) is 4.99 Å². The Morgan fingerprint density at radius 3 is 2.67 bits per heavy atom. The number of nitrogens with zero attached hydrogens (tertiary/aromatic N) is 2. The van der Waals surface area contributed by atoms with Crippen molar-refractivity contribution in [2.45, 2.75) is 52.6 Å². The zero-order valence-corrected chi connectivity index (χ0v) is 18.7. The van der Waals surface area contributed by atoms with Gasteiger partial charge in [0.1, 0.15) is 0 Å². The van der Waals surface area contributed by atoms with Crippen LogP contribution in [0, 0.1) is 5.92 Å². The highest BCUT2D eigenvalue weighted by Gasteiger charge is 2.31. The van der Waals surface area contributed by atoms with Crippen LogP contribution >= 0.6 is 35.3 Å². The van der Waals surface area contributed by atoms with E-state index in [0.29, 0.717) is 23.9 Å². The van der Waals surface area contributed by atoms with Gasteiger partial charge in [-0.3, -0.25) is 9.89 Å². The minimum absolute atomic E-state index is 0. The first-order valence-corrected chi connectivity index (χ1v) is 9.76. The average molecular weight is 464 g/mol. The molecule has 24 heavy (non-hydrogen) atoms. The summed E-state index contributed by atoms with van der Waals surface area (Å²) in [6, 6.07) is 3.29. The number of nitrogens with one attached hydrogen (secondary N) is 2. The van der Waals surface area contributed by atoms with Crippen molar-refractivity contribution in [3.05, 3.63) is 22.4 Å². The predicted molar refractivity (Wildman–Crippen MR) is 117 cm³/mol. The zero-order valence-electron chi connectivity index (χ0n) is 15.6. The van der Waals surface area contributed by atoms with Crippen LogP contribution in [0.15, 0.2) is 21.8 Å². The van der Waals surface area contributed by atoms with Crippen LogP contribution in [0.1, 0.15) is 46.1 Å². The number of thiophene rings is 1. The molecule has 1 fully saturated rings. The first-order chi connectivity index (χ1) is 11.0. The van der Waals surface area contributed by atoms with Gasteiger partial charge in [-0.2, -0.15) is 11.3 Å². The maximum absolute atomic E-state index is 4.82. The van der Waals surface area contributed by atoms with Gasteiger partial charge in [-0.15, -0.1) is 24.0 Å². The molecule has 1 aliphatic rings. The lowest BCUT2D eigenvalue weighted by Gasteiger charge is -2.22. The van der Waals surface area contributed by atoms with Gasteiger partial charge in [-0.1, -0.05) is 13.8 Å². The first kappa shape index (κ1) is 21.7. The van der Waals surface area contributed by atoms with E-state index in [-0.39, 0.29) is 24.0 Å². The van der Waals surface area contributed by atoms with Gasteiger partial charge in [0.25, 0.3) is 0 Å². The molecule has 6 heteroatoms. The first-order valence-electron chi connectivity index (χ1n) is 8.82. The number of hydrogen-bond donors (Lipinski definition) is 2. The summed E-state index contributed by atoms with van der Waals surface area (Å²) >= 11 is 1.76. The molecule has 0 bridgehead atoms. The van der Waals surface area contributed by atoms with Crippen LogP contribution in [0.2, 0.25) is 0 Å². The number of likely N-dealkylation sites (tertiary alicyclic amines) is 1. The quantitative estimate of drug-likeness (QED) is 0.383. The Balaban J connectivity index is 0.00000288. The van der Waals surface area contributed by atoms with Crippen LogP contribution < -0.4 is 10.6 Å². The van der Waals surface area contributed by atoms with Crippen LogP contribution in [-0.4, -0.2) is 49.1 Å². The fraction of sp³-hybridized carbons (Fsp3) is 0.722. The maximum atomic E-state index is 4.82. The summed E-state index contributed by atoms with van der Waals surface area (Å²) in [5, 5.41) is 11.4. The van der Waals surface area contributed by atoms with Crippen LogP contribution in [0.4, 0.5) is 0 Å². The molecule has 1 aromatic heterocycles. The SMILES string of the molecule is CCNC(=NCC(C)c1ccsc1)NC1CN(C(C)C)CC1C.I. The number of hydrogen-bond acceptors (Lipinski definition) is 3. The fourth-order valence-electron chi connectivity index (χ4n) is 3.00. The maximum Gasteiger partial charge on any atom is 0.191 e. The molecule has 2 rings (SSSR count). The lowest BCUT2D eigenvalue weighted by molar-refractivity contribution is 0.265. The molecule has 0 spiro atoms. The van der Waals surface area contributed by atoms with Crippen molar-refractivity contribution >= 4 is 41.3 Å². The third-order valence-corrected chi connectivity index (χ3v) is 5.37. The molecule has 0 aromatic carbocycles. The van der Waals surface area contributed by atoms with Crippen molar-refractivity contribution in [3.63, 3.8) is 0 Å². The molecule has 1 aromatic rings.